The topological polar surface area (TPSA) is 63.7 Å². The maximum absolute atomic E-state index is 13.1. The van der Waals surface area contributed by atoms with Crippen LogP contribution in [-0.4, -0.2) is 24.4 Å². The molecule has 144 valence electrons. The van der Waals surface area contributed by atoms with Gasteiger partial charge in [-0.3, -0.25) is 14.5 Å². The Morgan fingerprint density at radius 1 is 1.00 bits per heavy atom. The van der Waals surface area contributed by atoms with Crippen molar-refractivity contribution in [3.63, 3.8) is 0 Å². The Morgan fingerprint density at radius 3 is 2.50 bits per heavy atom. The summed E-state index contributed by atoms with van der Waals surface area (Å²) in [6.45, 7) is 2.01. The molecule has 0 spiro atoms. The average Bonchev–Trinajstić information content (AvgIpc) is 2.99. The zero-order valence-electron chi connectivity index (χ0n) is 15.8. The molecule has 4 rings (SSSR count). The van der Waals surface area contributed by atoms with E-state index >= 15 is 0 Å². The van der Waals surface area contributed by atoms with Gasteiger partial charge in [-0.1, -0.05) is 36.4 Å². The fourth-order valence-corrected chi connectivity index (χ4v) is 4.45. The van der Waals surface area contributed by atoms with Crippen LogP contribution in [0.5, 0.6) is 0 Å². The number of carbonyl (C=O) groups excluding carboxylic acids is 3. The van der Waals surface area contributed by atoms with E-state index in [1.165, 1.54) is 10.5 Å². The van der Waals surface area contributed by atoms with Gasteiger partial charge in [0.05, 0.1) is 29.7 Å². The number of fused-ring (bicyclic) bond motifs is 1. The molecule has 0 bridgehead atoms. The molecule has 0 unspecified atom stereocenters. The van der Waals surface area contributed by atoms with Crippen LogP contribution in [0, 0.1) is 11.8 Å². The summed E-state index contributed by atoms with van der Waals surface area (Å²) in [4.78, 5) is 39.4. The minimum absolute atomic E-state index is 0.150. The van der Waals surface area contributed by atoms with E-state index in [4.69, 9.17) is 4.74 Å². The summed E-state index contributed by atoms with van der Waals surface area (Å²) in [5, 5.41) is 0. The highest BCUT2D eigenvalue weighted by molar-refractivity contribution is 6.22. The van der Waals surface area contributed by atoms with E-state index in [-0.39, 0.29) is 30.3 Å². The molecule has 1 aliphatic carbocycles. The summed E-state index contributed by atoms with van der Waals surface area (Å²) in [6.07, 6.45) is 2.30. The van der Waals surface area contributed by atoms with Gasteiger partial charge in [0.1, 0.15) is 0 Å². The molecule has 0 aromatic heterocycles. The lowest BCUT2D eigenvalue weighted by Gasteiger charge is -2.28. The number of ether oxygens (including phenoxy) is 1. The van der Waals surface area contributed by atoms with Gasteiger partial charge in [-0.15, -0.1) is 0 Å². The highest BCUT2D eigenvalue weighted by Crippen LogP contribution is 2.45. The van der Waals surface area contributed by atoms with E-state index in [0.29, 0.717) is 30.0 Å². The molecule has 0 N–H and O–H groups in total. The zero-order chi connectivity index (χ0) is 19.7. The largest absolute Gasteiger partial charge is 0.462 e. The van der Waals surface area contributed by atoms with Crippen LogP contribution < -0.4 is 4.90 Å². The van der Waals surface area contributed by atoms with Gasteiger partial charge in [-0.05, 0) is 55.9 Å². The predicted octanol–water partition coefficient (Wildman–Crippen LogP) is 3.94. The van der Waals surface area contributed by atoms with Gasteiger partial charge in [-0.25, -0.2) is 4.79 Å². The second kappa shape index (κ2) is 7.58. The minimum Gasteiger partial charge on any atom is -0.462 e. The summed E-state index contributed by atoms with van der Waals surface area (Å²) < 4.78 is 5.03. The van der Waals surface area contributed by atoms with Crippen molar-refractivity contribution in [2.45, 2.75) is 32.1 Å². The lowest BCUT2D eigenvalue weighted by molar-refractivity contribution is -0.122. The highest BCUT2D eigenvalue weighted by atomic mass is 16.5. The highest BCUT2D eigenvalue weighted by Gasteiger charge is 2.50. The van der Waals surface area contributed by atoms with E-state index in [1.54, 1.807) is 31.2 Å². The molecule has 0 radical (unpaired) electrons. The molecule has 2 amide bonds. The number of anilines is 1. The van der Waals surface area contributed by atoms with Crippen molar-refractivity contribution < 1.29 is 19.1 Å². The normalized spacial score (nSPS) is 24.2. The molecule has 5 heteroatoms. The summed E-state index contributed by atoms with van der Waals surface area (Å²) >= 11 is 0. The third-order valence-corrected chi connectivity index (χ3v) is 5.81. The first-order valence-electron chi connectivity index (χ1n) is 9.80. The molecule has 1 saturated carbocycles. The Morgan fingerprint density at radius 2 is 1.75 bits per heavy atom. The Bertz CT molecular complexity index is 908. The van der Waals surface area contributed by atoms with Crippen molar-refractivity contribution >= 4 is 23.5 Å². The second-order valence-corrected chi connectivity index (χ2v) is 7.42. The molecule has 28 heavy (non-hydrogen) atoms. The third kappa shape index (κ3) is 3.21. The van der Waals surface area contributed by atoms with E-state index in [2.05, 4.69) is 12.1 Å². The van der Waals surface area contributed by atoms with Crippen molar-refractivity contribution in [1.82, 2.24) is 0 Å². The van der Waals surface area contributed by atoms with Crippen LogP contribution in [0.25, 0.3) is 0 Å². The van der Waals surface area contributed by atoms with Crippen LogP contribution in [-0.2, 0) is 14.3 Å². The second-order valence-electron chi connectivity index (χ2n) is 7.42. The molecular weight excluding hydrogens is 354 g/mol. The fraction of sp³-hybridized carbons (Fsp3) is 0.348. The van der Waals surface area contributed by atoms with E-state index < -0.39 is 5.97 Å². The maximum atomic E-state index is 13.1. The molecule has 5 nitrogen and oxygen atoms in total. The molecule has 2 fully saturated rings. The number of imide groups is 1. The smallest absolute Gasteiger partial charge is 0.338 e. The number of hydrogen-bond acceptors (Lipinski definition) is 4. The SMILES string of the molecule is CCOC(=O)c1cccc(N2C(=O)[C@H]3C[C@@H](c4ccccc4)CC[C@H]3C2=O)c1. The number of hydrogen-bond donors (Lipinski definition) is 0. The first-order chi connectivity index (χ1) is 13.6. The van der Waals surface area contributed by atoms with Crippen molar-refractivity contribution in [2.75, 3.05) is 11.5 Å². The van der Waals surface area contributed by atoms with Crippen LogP contribution in [0.3, 0.4) is 0 Å². The standard InChI is InChI=1S/C23H23NO4/c1-2-28-23(27)17-9-6-10-18(13-17)24-21(25)19-12-11-16(14-20(19)22(24)26)15-7-4-3-5-8-15/h3-10,13,16,19-20H,2,11-12,14H2,1H3/t16-,19+,20-/m0/s1. The van der Waals surface area contributed by atoms with Crippen molar-refractivity contribution in [3.05, 3.63) is 65.7 Å². The Balaban J connectivity index is 1.58. The first-order valence-corrected chi connectivity index (χ1v) is 9.80. The van der Waals surface area contributed by atoms with Gasteiger partial charge in [0.2, 0.25) is 11.8 Å². The summed E-state index contributed by atoms with van der Waals surface area (Å²) in [5.74, 6) is -1.02. The van der Waals surface area contributed by atoms with Crippen LogP contribution in [0.2, 0.25) is 0 Å². The number of amides is 2. The summed E-state index contributed by atoms with van der Waals surface area (Å²) in [5.41, 5.74) is 2.02. The molecule has 1 saturated heterocycles. The van der Waals surface area contributed by atoms with Crippen LogP contribution >= 0.6 is 0 Å². The Hall–Kier alpha value is -2.95. The van der Waals surface area contributed by atoms with Crippen molar-refractivity contribution in [2.24, 2.45) is 11.8 Å². The van der Waals surface area contributed by atoms with Gasteiger partial charge >= 0.3 is 5.97 Å². The van der Waals surface area contributed by atoms with Gasteiger partial charge in [-0.2, -0.15) is 0 Å². The van der Waals surface area contributed by atoms with Gasteiger partial charge in [0, 0.05) is 0 Å². The number of carbonyl (C=O) groups is 3. The van der Waals surface area contributed by atoms with E-state index in [9.17, 15) is 14.4 Å². The molecule has 1 aliphatic heterocycles. The molecular formula is C23H23NO4. The van der Waals surface area contributed by atoms with Crippen molar-refractivity contribution in [3.8, 4) is 0 Å². The maximum Gasteiger partial charge on any atom is 0.338 e. The van der Waals surface area contributed by atoms with Gasteiger partial charge in [0.15, 0.2) is 0 Å². The Kier molecular flexibility index (Phi) is 4.99. The van der Waals surface area contributed by atoms with Gasteiger partial charge in [0.25, 0.3) is 0 Å². The number of esters is 1. The van der Waals surface area contributed by atoms with E-state index in [0.717, 1.165) is 6.42 Å². The fourth-order valence-electron chi connectivity index (χ4n) is 4.45. The average molecular weight is 377 g/mol. The number of benzene rings is 2. The number of rotatable bonds is 4. The minimum atomic E-state index is -0.454. The number of nitrogens with zero attached hydrogens (tertiary/aromatic N) is 1. The molecule has 2 aliphatic rings. The summed E-state index contributed by atoms with van der Waals surface area (Å²) in [6, 6.07) is 16.8. The van der Waals surface area contributed by atoms with Gasteiger partial charge < -0.3 is 4.74 Å². The lowest BCUT2D eigenvalue weighted by Crippen LogP contribution is -2.31. The summed E-state index contributed by atoms with van der Waals surface area (Å²) in [7, 11) is 0. The van der Waals surface area contributed by atoms with E-state index in [1.807, 2.05) is 18.2 Å². The molecule has 3 atom stereocenters. The monoisotopic (exact) mass is 377 g/mol. The quantitative estimate of drug-likeness (QED) is 0.598. The van der Waals surface area contributed by atoms with Crippen molar-refractivity contribution in [1.29, 1.82) is 0 Å². The third-order valence-electron chi connectivity index (χ3n) is 5.81. The molecule has 1 heterocycles. The van der Waals surface area contributed by atoms with Crippen LogP contribution in [0.15, 0.2) is 54.6 Å². The molecule has 2 aromatic carbocycles. The lowest BCUT2D eigenvalue weighted by atomic mass is 9.73. The Labute approximate surface area is 164 Å². The van der Waals surface area contributed by atoms with Crippen LogP contribution in [0.4, 0.5) is 5.69 Å². The predicted molar refractivity (Wildman–Crippen MR) is 105 cm³/mol. The molecule has 2 aromatic rings. The first kappa shape index (κ1) is 18.4. The zero-order valence-corrected chi connectivity index (χ0v) is 15.8. The van der Waals surface area contributed by atoms with Crippen LogP contribution in [0.1, 0.15) is 48.0 Å².